The number of quaternary nitrogens is 1. The van der Waals surface area contributed by atoms with Gasteiger partial charge in [0.1, 0.15) is 11.6 Å². The van der Waals surface area contributed by atoms with Gasteiger partial charge in [-0.25, -0.2) is 4.98 Å². The maximum absolute atomic E-state index is 12.4. The van der Waals surface area contributed by atoms with E-state index in [0.717, 1.165) is 26.0 Å². The highest BCUT2D eigenvalue weighted by atomic mass is 32.2. The summed E-state index contributed by atoms with van der Waals surface area (Å²) in [6, 6.07) is 17.7. The number of thiazole rings is 1. The first-order valence-electron chi connectivity index (χ1n) is 8.20. The first kappa shape index (κ1) is 18.4. The molecule has 1 amide bonds. The normalized spacial score (nSPS) is 11.8. The van der Waals surface area contributed by atoms with Gasteiger partial charge in [0, 0.05) is 4.90 Å². The van der Waals surface area contributed by atoms with Gasteiger partial charge in [-0.05, 0) is 24.3 Å². The second-order valence-electron chi connectivity index (χ2n) is 5.88. The number of nitrogens with one attached hydrogen (secondary N) is 2. The van der Waals surface area contributed by atoms with Crippen LogP contribution in [0.25, 0.3) is 10.2 Å². The molecule has 0 saturated carbocycles. The Morgan fingerprint density at radius 1 is 1.27 bits per heavy atom. The highest BCUT2D eigenvalue weighted by molar-refractivity contribution is 7.99. The van der Waals surface area contributed by atoms with Crippen molar-refractivity contribution in [2.75, 3.05) is 24.7 Å². The van der Waals surface area contributed by atoms with Crippen molar-refractivity contribution < 1.29 is 9.69 Å². The summed E-state index contributed by atoms with van der Waals surface area (Å²) >= 11 is 3.09. The fourth-order valence-electron chi connectivity index (χ4n) is 2.59. The minimum atomic E-state index is -0.0476. The molecule has 7 heteroatoms. The van der Waals surface area contributed by atoms with Crippen LogP contribution >= 0.6 is 23.1 Å². The van der Waals surface area contributed by atoms with Gasteiger partial charge in [0.05, 0.1) is 34.8 Å². The molecule has 0 aliphatic heterocycles. The summed E-state index contributed by atoms with van der Waals surface area (Å²) in [7, 11) is 1.99. The van der Waals surface area contributed by atoms with Crippen molar-refractivity contribution in [3.8, 4) is 6.07 Å². The van der Waals surface area contributed by atoms with Crippen molar-refractivity contribution in [2.45, 2.75) is 11.4 Å². The summed E-state index contributed by atoms with van der Waals surface area (Å²) in [5.74, 6) is 0.309. The minimum Gasteiger partial charge on any atom is -0.324 e. The molecule has 1 aromatic heterocycles. The zero-order valence-electron chi connectivity index (χ0n) is 14.4. The van der Waals surface area contributed by atoms with Crippen LogP contribution in [0, 0.1) is 11.3 Å². The van der Waals surface area contributed by atoms with E-state index in [0.29, 0.717) is 18.8 Å². The lowest BCUT2D eigenvalue weighted by atomic mass is 10.3. The Labute approximate surface area is 160 Å². The summed E-state index contributed by atoms with van der Waals surface area (Å²) in [6.45, 7) is 1.06. The van der Waals surface area contributed by atoms with Crippen molar-refractivity contribution in [1.29, 1.82) is 5.26 Å². The number of anilines is 1. The van der Waals surface area contributed by atoms with E-state index < -0.39 is 0 Å². The van der Waals surface area contributed by atoms with Gasteiger partial charge < -0.3 is 10.2 Å². The number of nitriles is 1. The molecule has 0 saturated heterocycles. The summed E-state index contributed by atoms with van der Waals surface area (Å²) in [6.07, 6.45) is 0. The number of para-hydroxylation sites is 2. The smallest absolute Gasteiger partial charge is 0.279 e. The fourth-order valence-corrected chi connectivity index (χ4v) is 4.34. The molecule has 2 aromatic carbocycles. The highest BCUT2D eigenvalue weighted by Crippen LogP contribution is 2.26. The van der Waals surface area contributed by atoms with Gasteiger partial charge in [-0.3, -0.25) is 4.79 Å². The summed E-state index contributed by atoms with van der Waals surface area (Å²) in [4.78, 5) is 19.0. The molecular formula is C19H19N4OS2+. The average molecular weight is 384 g/mol. The third kappa shape index (κ3) is 4.82. The van der Waals surface area contributed by atoms with Crippen LogP contribution in [-0.4, -0.2) is 30.2 Å². The monoisotopic (exact) mass is 383 g/mol. The Morgan fingerprint density at radius 3 is 2.85 bits per heavy atom. The Balaban J connectivity index is 1.58. The van der Waals surface area contributed by atoms with E-state index in [2.05, 4.69) is 22.4 Å². The van der Waals surface area contributed by atoms with E-state index in [1.54, 1.807) is 11.3 Å². The standard InChI is InChI=1S/C19H18N4OS2/c1-23(13-19-22-15-7-3-5-9-17(15)26-19)12-18(24)21-14-6-2-4-8-16(14)25-11-10-20/h2-9H,11-13H2,1H3,(H,21,24)/p+1. The molecule has 3 rings (SSSR count). The average Bonchev–Trinajstić information content (AvgIpc) is 3.02. The molecule has 0 spiro atoms. The molecule has 0 radical (unpaired) electrons. The number of rotatable bonds is 7. The molecule has 0 fully saturated rings. The van der Waals surface area contributed by atoms with Crippen LogP contribution in [0.3, 0.4) is 0 Å². The van der Waals surface area contributed by atoms with E-state index in [4.69, 9.17) is 5.26 Å². The Bertz CT molecular complexity index is 915. The first-order chi connectivity index (χ1) is 12.7. The van der Waals surface area contributed by atoms with Crippen LogP contribution < -0.4 is 10.2 Å². The first-order valence-corrected chi connectivity index (χ1v) is 10.0. The number of carbonyl (C=O) groups is 1. The van der Waals surface area contributed by atoms with E-state index in [-0.39, 0.29) is 5.91 Å². The molecule has 5 nitrogen and oxygen atoms in total. The molecule has 26 heavy (non-hydrogen) atoms. The van der Waals surface area contributed by atoms with Crippen LogP contribution in [0.4, 0.5) is 5.69 Å². The number of nitrogens with zero attached hydrogens (tertiary/aromatic N) is 2. The zero-order chi connectivity index (χ0) is 18.4. The number of amides is 1. The molecule has 0 aliphatic rings. The predicted octanol–water partition coefficient (Wildman–Crippen LogP) is 2.57. The Morgan fingerprint density at radius 2 is 2.04 bits per heavy atom. The van der Waals surface area contributed by atoms with E-state index in [1.807, 2.05) is 49.5 Å². The topological polar surface area (TPSA) is 70.2 Å². The van der Waals surface area contributed by atoms with Gasteiger partial charge in [-0.1, -0.05) is 24.3 Å². The van der Waals surface area contributed by atoms with Gasteiger partial charge in [-0.15, -0.1) is 23.1 Å². The molecule has 1 unspecified atom stereocenters. The molecule has 3 aromatic rings. The van der Waals surface area contributed by atoms with Crippen molar-refractivity contribution in [2.24, 2.45) is 0 Å². The molecule has 1 heterocycles. The number of fused-ring (bicyclic) bond motifs is 1. The molecule has 132 valence electrons. The minimum absolute atomic E-state index is 0.0476. The number of aromatic nitrogens is 1. The third-order valence-electron chi connectivity index (χ3n) is 3.71. The second-order valence-corrected chi connectivity index (χ2v) is 8.01. The van der Waals surface area contributed by atoms with Gasteiger partial charge >= 0.3 is 0 Å². The lowest BCUT2D eigenvalue weighted by Gasteiger charge is -2.13. The summed E-state index contributed by atoms with van der Waals surface area (Å²) in [5.41, 5.74) is 1.76. The number of hydrogen-bond donors (Lipinski definition) is 2. The quantitative estimate of drug-likeness (QED) is 0.615. The Kier molecular flexibility index (Phi) is 6.23. The molecule has 2 N–H and O–H groups in total. The van der Waals surface area contributed by atoms with Crippen LogP contribution in [0.15, 0.2) is 53.4 Å². The van der Waals surface area contributed by atoms with Crippen molar-refractivity contribution in [3.63, 3.8) is 0 Å². The van der Waals surface area contributed by atoms with Crippen LogP contribution in [0.5, 0.6) is 0 Å². The maximum atomic E-state index is 12.4. The number of likely N-dealkylation sites (N-methyl/N-ethyl adjacent to an activating group) is 1. The fraction of sp³-hybridized carbons (Fsp3) is 0.211. The lowest BCUT2D eigenvalue weighted by molar-refractivity contribution is -0.885. The number of benzene rings is 2. The maximum Gasteiger partial charge on any atom is 0.279 e. The SMILES string of the molecule is C[NH+](CC(=O)Nc1ccccc1SCC#N)Cc1nc2ccccc2s1. The van der Waals surface area contributed by atoms with E-state index >= 15 is 0 Å². The molecule has 1 atom stereocenters. The summed E-state index contributed by atoms with van der Waals surface area (Å²) in [5, 5.41) is 12.7. The largest absolute Gasteiger partial charge is 0.324 e. The van der Waals surface area contributed by atoms with Crippen LogP contribution in [0.2, 0.25) is 0 Å². The summed E-state index contributed by atoms with van der Waals surface area (Å²) < 4.78 is 1.17. The van der Waals surface area contributed by atoms with Gasteiger partial charge in [0.25, 0.3) is 5.91 Å². The number of carbonyl (C=O) groups excluding carboxylic acids is 1. The highest BCUT2D eigenvalue weighted by Gasteiger charge is 2.14. The molecule has 0 aliphatic carbocycles. The second kappa shape index (κ2) is 8.81. The van der Waals surface area contributed by atoms with Crippen molar-refractivity contribution >= 4 is 44.9 Å². The Hall–Kier alpha value is -2.40. The predicted molar refractivity (Wildman–Crippen MR) is 106 cm³/mol. The van der Waals surface area contributed by atoms with Crippen LogP contribution in [0.1, 0.15) is 5.01 Å². The van der Waals surface area contributed by atoms with Gasteiger partial charge in [0.15, 0.2) is 6.54 Å². The molecule has 0 bridgehead atoms. The van der Waals surface area contributed by atoms with E-state index in [1.165, 1.54) is 16.5 Å². The third-order valence-corrected chi connectivity index (χ3v) is 5.68. The van der Waals surface area contributed by atoms with Crippen molar-refractivity contribution in [3.05, 3.63) is 53.5 Å². The zero-order valence-corrected chi connectivity index (χ0v) is 16.0. The van der Waals surface area contributed by atoms with Gasteiger partial charge in [-0.2, -0.15) is 5.26 Å². The van der Waals surface area contributed by atoms with Crippen molar-refractivity contribution in [1.82, 2.24) is 4.98 Å². The molecular weight excluding hydrogens is 364 g/mol. The van der Waals surface area contributed by atoms with E-state index in [9.17, 15) is 4.79 Å². The number of thioether (sulfide) groups is 1. The van der Waals surface area contributed by atoms with Crippen LogP contribution in [-0.2, 0) is 11.3 Å². The number of hydrogen-bond acceptors (Lipinski definition) is 5. The lowest BCUT2D eigenvalue weighted by Crippen LogP contribution is -3.08. The van der Waals surface area contributed by atoms with Gasteiger partial charge in [0.2, 0.25) is 0 Å².